The molecule has 2 nitrogen and oxygen atoms in total. The van der Waals surface area contributed by atoms with Gasteiger partial charge in [0.05, 0.1) is 5.69 Å². The van der Waals surface area contributed by atoms with E-state index in [0.717, 1.165) is 15.2 Å². The summed E-state index contributed by atoms with van der Waals surface area (Å²) in [5.41, 5.74) is 3.51. The number of hydrogen-bond donors (Lipinski definition) is 1. The molecule has 17 heavy (non-hydrogen) atoms. The Morgan fingerprint density at radius 2 is 2.18 bits per heavy atom. The van der Waals surface area contributed by atoms with E-state index in [1.165, 1.54) is 11.1 Å². The van der Waals surface area contributed by atoms with Crippen LogP contribution in [0.5, 0.6) is 0 Å². The molecule has 2 aromatic rings. The van der Waals surface area contributed by atoms with Crippen LogP contribution in [0, 0.1) is 6.92 Å². The van der Waals surface area contributed by atoms with Crippen molar-refractivity contribution in [1.29, 1.82) is 0 Å². The van der Waals surface area contributed by atoms with Crippen LogP contribution >= 0.6 is 27.3 Å². The van der Waals surface area contributed by atoms with Crippen LogP contribution < -0.4 is 5.32 Å². The molecule has 0 aliphatic rings. The minimum Gasteiger partial charge on any atom is -0.312 e. The van der Waals surface area contributed by atoms with Crippen LogP contribution in [0.15, 0.2) is 28.1 Å². The molecule has 0 aliphatic heterocycles. The first-order valence-corrected chi connectivity index (χ1v) is 7.18. The SMILES string of the molecule is CNC(C)c1csc(-c2ccc(C)c(Br)c2)n1. The Kier molecular flexibility index (Phi) is 3.97. The maximum atomic E-state index is 4.66. The monoisotopic (exact) mass is 310 g/mol. The summed E-state index contributed by atoms with van der Waals surface area (Å²) in [5, 5.41) is 6.39. The van der Waals surface area contributed by atoms with Gasteiger partial charge in [0.1, 0.15) is 5.01 Å². The van der Waals surface area contributed by atoms with Gasteiger partial charge in [-0.2, -0.15) is 0 Å². The fourth-order valence-electron chi connectivity index (χ4n) is 1.49. The van der Waals surface area contributed by atoms with E-state index in [1.807, 2.05) is 7.05 Å². The van der Waals surface area contributed by atoms with E-state index in [-0.39, 0.29) is 0 Å². The predicted molar refractivity (Wildman–Crippen MR) is 77.5 cm³/mol. The number of nitrogens with zero attached hydrogens (tertiary/aromatic N) is 1. The lowest BCUT2D eigenvalue weighted by Gasteiger charge is -2.05. The minimum atomic E-state index is 0.300. The molecule has 1 atom stereocenters. The molecule has 0 radical (unpaired) electrons. The first-order valence-electron chi connectivity index (χ1n) is 5.51. The van der Waals surface area contributed by atoms with Gasteiger partial charge in [-0.15, -0.1) is 11.3 Å². The highest BCUT2D eigenvalue weighted by Gasteiger charge is 2.09. The Morgan fingerprint density at radius 3 is 2.82 bits per heavy atom. The van der Waals surface area contributed by atoms with Crippen molar-refractivity contribution < 1.29 is 0 Å². The number of aromatic nitrogens is 1. The molecule has 0 saturated carbocycles. The quantitative estimate of drug-likeness (QED) is 0.920. The highest BCUT2D eigenvalue weighted by molar-refractivity contribution is 9.10. The minimum absolute atomic E-state index is 0.300. The lowest BCUT2D eigenvalue weighted by molar-refractivity contribution is 0.637. The second kappa shape index (κ2) is 5.29. The molecular weight excluding hydrogens is 296 g/mol. The third-order valence-corrected chi connectivity index (χ3v) is 4.58. The van der Waals surface area contributed by atoms with E-state index >= 15 is 0 Å². The van der Waals surface area contributed by atoms with Crippen LogP contribution in [-0.4, -0.2) is 12.0 Å². The number of aryl methyl sites for hydroxylation is 1. The number of hydrogen-bond acceptors (Lipinski definition) is 3. The maximum Gasteiger partial charge on any atom is 0.123 e. The molecule has 1 N–H and O–H groups in total. The van der Waals surface area contributed by atoms with Crippen molar-refractivity contribution in [2.75, 3.05) is 7.05 Å². The van der Waals surface area contributed by atoms with Crippen LogP contribution in [0.1, 0.15) is 24.2 Å². The van der Waals surface area contributed by atoms with Crippen LogP contribution in [0.25, 0.3) is 10.6 Å². The van der Waals surface area contributed by atoms with Crippen molar-refractivity contribution >= 4 is 27.3 Å². The zero-order chi connectivity index (χ0) is 12.4. The molecule has 0 bridgehead atoms. The summed E-state index contributed by atoms with van der Waals surface area (Å²) < 4.78 is 1.13. The van der Waals surface area contributed by atoms with Crippen molar-refractivity contribution in [3.8, 4) is 10.6 Å². The third kappa shape index (κ3) is 2.76. The average Bonchev–Trinajstić information content (AvgIpc) is 2.81. The number of nitrogens with one attached hydrogen (secondary N) is 1. The van der Waals surface area contributed by atoms with E-state index in [2.05, 4.69) is 63.7 Å². The summed E-state index contributed by atoms with van der Waals surface area (Å²) >= 11 is 5.25. The van der Waals surface area contributed by atoms with Gasteiger partial charge in [0, 0.05) is 21.5 Å². The highest BCUT2D eigenvalue weighted by atomic mass is 79.9. The lowest BCUT2D eigenvalue weighted by atomic mass is 10.1. The van der Waals surface area contributed by atoms with Gasteiger partial charge in [0.15, 0.2) is 0 Å². The van der Waals surface area contributed by atoms with E-state index in [4.69, 9.17) is 0 Å². The van der Waals surface area contributed by atoms with Crippen LogP contribution in [-0.2, 0) is 0 Å². The smallest absolute Gasteiger partial charge is 0.123 e. The normalized spacial score (nSPS) is 12.7. The summed E-state index contributed by atoms with van der Waals surface area (Å²) in [6.45, 7) is 4.20. The molecule has 0 fully saturated rings. The molecule has 0 amide bonds. The second-order valence-electron chi connectivity index (χ2n) is 4.05. The first kappa shape index (κ1) is 12.7. The Labute approximate surface area is 114 Å². The molecule has 90 valence electrons. The predicted octanol–water partition coefficient (Wildman–Crippen LogP) is 4.16. The van der Waals surface area contributed by atoms with E-state index in [0.29, 0.717) is 6.04 Å². The van der Waals surface area contributed by atoms with Crippen LogP contribution in [0.2, 0.25) is 0 Å². The Balaban J connectivity index is 2.33. The second-order valence-corrected chi connectivity index (χ2v) is 5.76. The van der Waals surface area contributed by atoms with E-state index < -0.39 is 0 Å². The van der Waals surface area contributed by atoms with Gasteiger partial charge in [-0.05, 0) is 32.5 Å². The number of thiazole rings is 1. The number of benzene rings is 1. The van der Waals surface area contributed by atoms with Gasteiger partial charge in [-0.25, -0.2) is 4.98 Å². The van der Waals surface area contributed by atoms with Crippen molar-refractivity contribution in [3.05, 3.63) is 39.3 Å². The van der Waals surface area contributed by atoms with Crippen molar-refractivity contribution in [1.82, 2.24) is 10.3 Å². The van der Waals surface area contributed by atoms with Gasteiger partial charge in [-0.1, -0.05) is 28.1 Å². The maximum absolute atomic E-state index is 4.66. The molecule has 2 rings (SSSR count). The highest BCUT2D eigenvalue weighted by Crippen LogP contribution is 2.29. The average molecular weight is 311 g/mol. The molecule has 1 aromatic carbocycles. The molecule has 1 aromatic heterocycles. The summed E-state index contributed by atoms with van der Waals surface area (Å²) in [6, 6.07) is 6.66. The van der Waals surface area contributed by atoms with Crippen molar-refractivity contribution in [3.63, 3.8) is 0 Å². The van der Waals surface area contributed by atoms with E-state index in [1.54, 1.807) is 11.3 Å². The van der Waals surface area contributed by atoms with E-state index in [9.17, 15) is 0 Å². The molecule has 0 spiro atoms. The van der Waals surface area contributed by atoms with Gasteiger partial charge < -0.3 is 5.32 Å². The molecule has 1 unspecified atom stereocenters. The zero-order valence-corrected chi connectivity index (χ0v) is 12.5. The van der Waals surface area contributed by atoms with Crippen LogP contribution in [0.3, 0.4) is 0 Å². The van der Waals surface area contributed by atoms with Crippen molar-refractivity contribution in [2.45, 2.75) is 19.9 Å². The Morgan fingerprint density at radius 1 is 1.41 bits per heavy atom. The Hall–Kier alpha value is -0.710. The molecule has 0 saturated heterocycles. The number of rotatable bonds is 3. The van der Waals surface area contributed by atoms with Crippen molar-refractivity contribution in [2.24, 2.45) is 0 Å². The summed E-state index contributed by atoms with van der Waals surface area (Å²) in [5.74, 6) is 0. The topological polar surface area (TPSA) is 24.9 Å². The summed E-state index contributed by atoms with van der Waals surface area (Å²) in [4.78, 5) is 4.66. The molecule has 4 heteroatoms. The number of halogens is 1. The standard InChI is InChI=1S/C13H15BrN2S/c1-8-4-5-10(6-11(8)14)13-16-12(7-17-13)9(2)15-3/h4-7,9,15H,1-3H3. The van der Waals surface area contributed by atoms with Gasteiger partial charge in [0.25, 0.3) is 0 Å². The van der Waals surface area contributed by atoms with Gasteiger partial charge in [0.2, 0.25) is 0 Å². The largest absolute Gasteiger partial charge is 0.312 e. The fourth-order valence-corrected chi connectivity index (χ4v) is 2.78. The molecular formula is C13H15BrN2S. The van der Waals surface area contributed by atoms with Gasteiger partial charge >= 0.3 is 0 Å². The zero-order valence-electron chi connectivity index (χ0n) is 10.1. The summed E-state index contributed by atoms with van der Waals surface area (Å²) in [6.07, 6.45) is 0. The fraction of sp³-hybridized carbons (Fsp3) is 0.308. The summed E-state index contributed by atoms with van der Waals surface area (Å²) in [7, 11) is 1.95. The van der Waals surface area contributed by atoms with Gasteiger partial charge in [-0.3, -0.25) is 0 Å². The molecule has 0 aliphatic carbocycles. The third-order valence-electron chi connectivity index (χ3n) is 2.82. The Bertz CT molecular complexity index is 522. The lowest BCUT2D eigenvalue weighted by Crippen LogP contribution is -2.12. The van der Waals surface area contributed by atoms with Crippen LogP contribution in [0.4, 0.5) is 0 Å². The molecule has 1 heterocycles. The first-order chi connectivity index (χ1) is 8.11.